The van der Waals surface area contributed by atoms with E-state index >= 15 is 0 Å². The first-order valence-corrected chi connectivity index (χ1v) is 9.82. The number of fused-ring (bicyclic) bond motifs is 3. The van der Waals surface area contributed by atoms with Crippen molar-refractivity contribution in [2.24, 2.45) is 0 Å². The molecule has 0 saturated carbocycles. The van der Waals surface area contributed by atoms with Gasteiger partial charge in [-0.25, -0.2) is 9.36 Å². The zero-order valence-electron chi connectivity index (χ0n) is 16.9. The second-order valence-electron chi connectivity index (χ2n) is 7.53. The monoisotopic (exact) mass is 474 g/mol. The average molecular weight is 474 g/mol. The molecule has 5 aromatic rings. The quantitative estimate of drug-likeness (QED) is 0.263. The predicted octanol–water partition coefficient (Wildman–Crippen LogP) is 6.84. The van der Waals surface area contributed by atoms with Crippen molar-refractivity contribution >= 4 is 22.0 Å². The Balaban J connectivity index is 1.73. The molecule has 3 aromatic carbocycles. The Morgan fingerprint density at radius 2 is 1.44 bits per heavy atom. The third-order valence-electron chi connectivity index (χ3n) is 5.39. The van der Waals surface area contributed by atoms with Gasteiger partial charge in [-0.2, -0.15) is 26.3 Å². The highest BCUT2D eigenvalue weighted by molar-refractivity contribution is 6.03. The normalized spacial score (nSPS) is 12.5. The van der Waals surface area contributed by atoms with Crippen LogP contribution in [0.1, 0.15) is 11.1 Å². The molecule has 0 amide bonds. The Morgan fingerprint density at radius 3 is 2.12 bits per heavy atom. The third-order valence-corrected chi connectivity index (χ3v) is 5.39. The molecule has 172 valence electrons. The zero-order valence-corrected chi connectivity index (χ0v) is 16.9. The van der Waals surface area contributed by atoms with Gasteiger partial charge in [-0.3, -0.25) is 4.98 Å². The van der Waals surface area contributed by atoms with Gasteiger partial charge in [0, 0.05) is 5.39 Å². The molecule has 0 spiro atoms. The number of halogens is 6. The summed E-state index contributed by atoms with van der Waals surface area (Å²) in [5.74, 6) is -0.899. The lowest BCUT2D eigenvalue weighted by molar-refractivity contribution is -0.138. The molecule has 2 heterocycles. The first-order valence-electron chi connectivity index (χ1n) is 9.82. The van der Waals surface area contributed by atoms with E-state index in [1.54, 1.807) is 18.2 Å². The number of oxazole rings is 1. The molecule has 0 unspecified atom stereocenters. The number of pyridine rings is 1. The molecule has 34 heavy (non-hydrogen) atoms. The van der Waals surface area contributed by atoms with Crippen molar-refractivity contribution in [3.8, 4) is 16.8 Å². The minimum atomic E-state index is -4.61. The van der Waals surface area contributed by atoms with Crippen LogP contribution >= 0.6 is 0 Å². The van der Waals surface area contributed by atoms with Crippen LogP contribution in [0.2, 0.25) is 0 Å². The van der Waals surface area contributed by atoms with Crippen molar-refractivity contribution in [3.05, 3.63) is 94.6 Å². The zero-order chi connectivity index (χ0) is 24.3. The van der Waals surface area contributed by atoms with E-state index < -0.39 is 29.2 Å². The lowest BCUT2D eigenvalue weighted by atomic mass is 10.0. The molecule has 0 N–H and O–H groups in total. The summed E-state index contributed by atoms with van der Waals surface area (Å²) in [7, 11) is 0. The van der Waals surface area contributed by atoms with Gasteiger partial charge in [0.1, 0.15) is 5.52 Å². The van der Waals surface area contributed by atoms with Crippen molar-refractivity contribution in [2.75, 3.05) is 0 Å². The lowest BCUT2D eigenvalue weighted by Gasteiger charge is -2.11. The number of hydrogen-bond acceptors (Lipinski definition) is 3. The van der Waals surface area contributed by atoms with Crippen molar-refractivity contribution in [1.29, 1.82) is 0 Å². The van der Waals surface area contributed by atoms with Crippen LogP contribution in [0.25, 0.3) is 38.8 Å². The van der Waals surface area contributed by atoms with Crippen molar-refractivity contribution in [2.45, 2.75) is 12.4 Å². The average Bonchev–Trinajstić information content (AvgIpc) is 3.14. The van der Waals surface area contributed by atoms with E-state index in [1.165, 1.54) is 30.5 Å². The molecule has 0 aliphatic carbocycles. The first kappa shape index (κ1) is 21.7. The number of rotatable bonds is 2. The van der Waals surface area contributed by atoms with Crippen LogP contribution in [0.15, 0.2) is 82.1 Å². The van der Waals surface area contributed by atoms with E-state index in [-0.39, 0.29) is 16.8 Å². The summed E-state index contributed by atoms with van der Waals surface area (Å²) < 4.78 is 84.6. The molecule has 0 radical (unpaired) electrons. The molecule has 2 aromatic heterocycles. The number of aromatic nitrogens is 2. The van der Waals surface area contributed by atoms with Crippen LogP contribution in [0.5, 0.6) is 0 Å². The highest BCUT2D eigenvalue weighted by Gasteiger charge is 2.31. The molecular formula is C24H12F6N2O2. The Kier molecular flexibility index (Phi) is 4.78. The maximum absolute atomic E-state index is 13.2. The standard InChI is InChI=1S/C24H12F6N2O2/c25-23(26,27)15-7-4-13(5-8-15)14-6-9-19-18(10-14)21-20(12-31-19)34-22(33)32(21)17-3-1-2-16(11-17)24(28,29)30/h1-12H. The molecular weight excluding hydrogens is 462 g/mol. The molecule has 0 saturated heterocycles. The topological polar surface area (TPSA) is 48.0 Å². The summed E-state index contributed by atoms with van der Waals surface area (Å²) in [5, 5.41) is 0.387. The highest BCUT2D eigenvalue weighted by Crippen LogP contribution is 2.34. The second-order valence-corrected chi connectivity index (χ2v) is 7.53. The van der Waals surface area contributed by atoms with Crippen LogP contribution in [-0.2, 0) is 12.4 Å². The summed E-state index contributed by atoms with van der Waals surface area (Å²) in [5.41, 5.74) is -0.106. The number of alkyl halides is 6. The van der Waals surface area contributed by atoms with Crippen LogP contribution in [0.3, 0.4) is 0 Å². The van der Waals surface area contributed by atoms with Gasteiger partial charge in [0.15, 0.2) is 5.58 Å². The van der Waals surface area contributed by atoms with E-state index in [2.05, 4.69) is 4.98 Å². The van der Waals surface area contributed by atoms with Crippen LogP contribution in [-0.4, -0.2) is 9.55 Å². The minimum Gasteiger partial charge on any atom is -0.406 e. The maximum atomic E-state index is 13.2. The van der Waals surface area contributed by atoms with Crippen LogP contribution in [0.4, 0.5) is 26.3 Å². The van der Waals surface area contributed by atoms with Crippen molar-refractivity contribution < 1.29 is 30.8 Å². The SMILES string of the molecule is O=c1oc2cnc3ccc(-c4ccc(C(F)(F)F)cc4)cc3c2n1-c1cccc(C(F)(F)F)c1. The predicted molar refractivity (Wildman–Crippen MR) is 113 cm³/mol. The van der Waals surface area contributed by atoms with Crippen molar-refractivity contribution in [3.63, 3.8) is 0 Å². The fourth-order valence-electron chi connectivity index (χ4n) is 3.78. The summed E-state index contributed by atoms with van der Waals surface area (Å²) >= 11 is 0. The minimum absolute atomic E-state index is 0.0500. The lowest BCUT2D eigenvalue weighted by Crippen LogP contribution is -2.13. The van der Waals surface area contributed by atoms with Gasteiger partial charge in [-0.05, 0) is 53.6 Å². The third kappa shape index (κ3) is 3.70. The fraction of sp³-hybridized carbons (Fsp3) is 0.0833. The van der Waals surface area contributed by atoms with Crippen molar-refractivity contribution in [1.82, 2.24) is 9.55 Å². The summed E-state index contributed by atoms with van der Waals surface area (Å²) in [6, 6.07) is 13.6. The summed E-state index contributed by atoms with van der Waals surface area (Å²) in [6.45, 7) is 0. The molecule has 5 rings (SSSR count). The van der Waals surface area contributed by atoms with Gasteiger partial charge in [0.05, 0.1) is 28.5 Å². The van der Waals surface area contributed by atoms with Gasteiger partial charge in [0.2, 0.25) is 0 Å². The van der Waals surface area contributed by atoms with Gasteiger partial charge < -0.3 is 4.42 Å². The molecule has 0 bridgehead atoms. The maximum Gasteiger partial charge on any atom is 0.424 e. The fourth-order valence-corrected chi connectivity index (χ4v) is 3.78. The van der Waals surface area contributed by atoms with Gasteiger partial charge >= 0.3 is 18.1 Å². The highest BCUT2D eigenvalue weighted by atomic mass is 19.4. The second kappa shape index (κ2) is 7.47. The molecule has 0 aliphatic heterocycles. The Morgan fingerprint density at radius 1 is 0.765 bits per heavy atom. The largest absolute Gasteiger partial charge is 0.424 e. The number of nitrogens with zero attached hydrogens (tertiary/aromatic N) is 2. The number of hydrogen-bond donors (Lipinski definition) is 0. The van der Waals surface area contributed by atoms with Gasteiger partial charge in [-0.1, -0.05) is 24.3 Å². The first-order chi connectivity index (χ1) is 16.0. The summed E-state index contributed by atoms with van der Waals surface area (Å²) in [4.78, 5) is 16.8. The molecule has 0 aliphatic rings. The molecule has 0 fully saturated rings. The summed E-state index contributed by atoms with van der Waals surface area (Å²) in [6.07, 6.45) is -7.80. The Bertz CT molecular complexity index is 1600. The van der Waals surface area contributed by atoms with E-state index in [4.69, 9.17) is 4.42 Å². The van der Waals surface area contributed by atoms with E-state index in [1.807, 2.05) is 0 Å². The number of benzene rings is 3. The van der Waals surface area contributed by atoms with E-state index in [0.29, 0.717) is 22.0 Å². The van der Waals surface area contributed by atoms with Gasteiger partial charge in [0.25, 0.3) is 0 Å². The van der Waals surface area contributed by atoms with Crippen LogP contribution in [0, 0.1) is 0 Å². The van der Waals surface area contributed by atoms with Gasteiger partial charge in [-0.15, -0.1) is 0 Å². The Hall–Kier alpha value is -4.08. The Labute approximate surface area is 186 Å². The molecule has 4 nitrogen and oxygen atoms in total. The van der Waals surface area contributed by atoms with Crippen LogP contribution < -0.4 is 5.76 Å². The molecule has 0 atom stereocenters. The van der Waals surface area contributed by atoms with E-state index in [9.17, 15) is 31.1 Å². The van der Waals surface area contributed by atoms with E-state index in [0.717, 1.165) is 28.8 Å². The molecule has 10 heteroatoms. The smallest absolute Gasteiger partial charge is 0.406 e.